The Bertz CT molecular complexity index is 614. The Morgan fingerprint density at radius 2 is 2.19 bits per heavy atom. The smallest absolute Gasteiger partial charge is 0.339 e. The van der Waals surface area contributed by atoms with Crippen molar-refractivity contribution in [1.82, 2.24) is 4.98 Å². The molecular weight excluding hydrogens is 332 g/mol. The molecule has 21 heavy (non-hydrogen) atoms. The predicted molar refractivity (Wildman–Crippen MR) is 86.4 cm³/mol. The highest BCUT2D eigenvalue weighted by atomic mass is 79.9. The number of aromatic nitrogens is 1. The zero-order chi connectivity index (χ0) is 15.2. The lowest BCUT2D eigenvalue weighted by atomic mass is 10.1. The molecule has 4 nitrogen and oxygen atoms in total. The number of carbonyl (C=O) groups excluding carboxylic acids is 1. The number of anilines is 1. The van der Waals surface area contributed by atoms with Crippen LogP contribution in [0.25, 0.3) is 0 Å². The Morgan fingerprint density at radius 3 is 2.81 bits per heavy atom. The molecule has 1 heterocycles. The fourth-order valence-electron chi connectivity index (χ4n) is 1.90. The van der Waals surface area contributed by atoms with Gasteiger partial charge in [0.05, 0.1) is 12.2 Å². The molecular formula is C16H17BrN2O2. The summed E-state index contributed by atoms with van der Waals surface area (Å²) in [4.78, 5) is 15.8. The van der Waals surface area contributed by atoms with Crippen LogP contribution in [0.3, 0.4) is 0 Å². The van der Waals surface area contributed by atoms with E-state index < -0.39 is 0 Å². The zero-order valence-corrected chi connectivity index (χ0v) is 13.6. The van der Waals surface area contributed by atoms with E-state index >= 15 is 0 Å². The number of nitrogens with zero attached hydrogens (tertiary/aromatic N) is 1. The van der Waals surface area contributed by atoms with Crippen LogP contribution in [0, 0.1) is 0 Å². The summed E-state index contributed by atoms with van der Waals surface area (Å²) in [5, 5.41) is 3.30. The van der Waals surface area contributed by atoms with Crippen LogP contribution in [-0.4, -0.2) is 17.6 Å². The predicted octanol–water partition coefficient (Wildman–Crippen LogP) is 4.19. The molecule has 0 aliphatic rings. The van der Waals surface area contributed by atoms with E-state index in [1.807, 2.05) is 12.1 Å². The van der Waals surface area contributed by atoms with Gasteiger partial charge in [-0.3, -0.25) is 0 Å². The number of pyridine rings is 1. The van der Waals surface area contributed by atoms with E-state index in [0.717, 1.165) is 15.9 Å². The lowest BCUT2D eigenvalue weighted by Gasteiger charge is -2.15. The summed E-state index contributed by atoms with van der Waals surface area (Å²) in [5.74, 6) is 0.368. The molecule has 0 aliphatic carbocycles. The van der Waals surface area contributed by atoms with Crippen molar-refractivity contribution in [3.63, 3.8) is 0 Å². The van der Waals surface area contributed by atoms with Gasteiger partial charge in [-0.25, -0.2) is 9.78 Å². The van der Waals surface area contributed by atoms with E-state index in [9.17, 15) is 4.79 Å². The Kier molecular flexibility index (Phi) is 5.33. The van der Waals surface area contributed by atoms with Crippen molar-refractivity contribution in [2.45, 2.75) is 19.9 Å². The molecule has 0 amide bonds. The number of hydrogen-bond acceptors (Lipinski definition) is 4. The van der Waals surface area contributed by atoms with Gasteiger partial charge in [0, 0.05) is 16.7 Å². The molecule has 110 valence electrons. The minimum atomic E-state index is -0.350. The molecule has 0 saturated heterocycles. The average molecular weight is 349 g/mol. The first kappa shape index (κ1) is 15.5. The van der Waals surface area contributed by atoms with Crippen LogP contribution in [0.1, 0.15) is 35.8 Å². The topological polar surface area (TPSA) is 51.2 Å². The van der Waals surface area contributed by atoms with Crippen LogP contribution in [0.5, 0.6) is 0 Å². The van der Waals surface area contributed by atoms with Crippen LogP contribution >= 0.6 is 15.9 Å². The van der Waals surface area contributed by atoms with Crippen LogP contribution in [0.4, 0.5) is 5.82 Å². The van der Waals surface area contributed by atoms with Crippen molar-refractivity contribution < 1.29 is 9.53 Å². The standard InChI is InChI=1S/C16H17BrN2O2/c1-3-21-16(20)13-7-8-15(18-10-13)19-11(2)12-5-4-6-14(17)9-12/h4-11H,3H2,1-2H3,(H,18,19). The number of rotatable bonds is 5. The van der Waals surface area contributed by atoms with Gasteiger partial charge in [0.2, 0.25) is 0 Å². The quantitative estimate of drug-likeness (QED) is 0.823. The number of carbonyl (C=O) groups is 1. The fourth-order valence-corrected chi connectivity index (χ4v) is 2.31. The molecule has 0 aliphatic heterocycles. The number of nitrogens with one attached hydrogen (secondary N) is 1. The molecule has 0 saturated carbocycles. The first-order valence-corrected chi connectivity index (χ1v) is 7.54. The van der Waals surface area contributed by atoms with Crippen molar-refractivity contribution >= 4 is 27.7 Å². The number of esters is 1. The lowest BCUT2D eigenvalue weighted by molar-refractivity contribution is 0.0526. The third kappa shape index (κ3) is 4.29. The molecule has 2 rings (SSSR count). The number of halogens is 1. The molecule has 1 unspecified atom stereocenters. The van der Waals surface area contributed by atoms with Crippen molar-refractivity contribution in [2.75, 3.05) is 11.9 Å². The molecule has 1 aromatic carbocycles. The van der Waals surface area contributed by atoms with E-state index in [4.69, 9.17) is 4.74 Å². The summed E-state index contributed by atoms with van der Waals surface area (Å²) in [6.45, 7) is 4.20. The van der Waals surface area contributed by atoms with Gasteiger partial charge in [-0.1, -0.05) is 28.1 Å². The lowest BCUT2D eigenvalue weighted by Crippen LogP contribution is -2.09. The van der Waals surface area contributed by atoms with E-state index in [0.29, 0.717) is 12.2 Å². The van der Waals surface area contributed by atoms with Crippen LogP contribution in [-0.2, 0) is 4.74 Å². The normalized spacial score (nSPS) is 11.8. The largest absolute Gasteiger partial charge is 0.462 e. The SMILES string of the molecule is CCOC(=O)c1ccc(NC(C)c2cccc(Br)c2)nc1. The summed E-state index contributed by atoms with van der Waals surface area (Å²) in [6, 6.07) is 11.7. The first-order chi connectivity index (χ1) is 10.1. The second-order valence-corrected chi connectivity index (χ2v) is 5.49. The minimum absolute atomic E-state index is 0.114. The molecule has 0 spiro atoms. The van der Waals surface area contributed by atoms with E-state index in [1.165, 1.54) is 6.20 Å². The summed E-state index contributed by atoms with van der Waals surface area (Å²) in [6.07, 6.45) is 1.52. The first-order valence-electron chi connectivity index (χ1n) is 6.75. The third-order valence-corrected chi connectivity index (χ3v) is 3.48. The molecule has 0 fully saturated rings. The fraction of sp³-hybridized carbons (Fsp3) is 0.250. The van der Waals surface area contributed by atoms with Crippen molar-refractivity contribution in [1.29, 1.82) is 0 Å². The van der Waals surface area contributed by atoms with Gasteiger partial charge in [0.15, 0.2) is 0 Å². The maximum Gasteiger partial charge on any atom is 0.339 e. The zero-order valence-electron chi connectivity index (χ0n) is 12.0. The van der Waals surface area contributed by atoms with Gasteiger partial charge in [0.1, 0.15) is 5.82 Å². The van der Waals surface area contributed by atoms with Gasteiger partial charge < -0.3 is 10.1 Å². The van der Waals surface area contributed by atoms with Gasteiger partial charge >= 0.3 is 5.97 Å². The molecule has 1 atom stereocenters. The molecule has 2 aromatic rings. The van der Waals surface area contributed by atoms with E-state index in [1.54, 1.807) is 19.1 Å². The van der Waals surface area contributed by atoms with Gasteiger partial charge in [-0.2, -0.15) is 0 Å². The maximum atomic E-state index is 11.5. The van der Waals surface area contributed by atoms with E-state index in [2.05, 4.69) is 45.3 Å². The van der Waals surface area contributed by atoms with Gasteiger partial charge in [0.25, 0.3) is 0 Å². The Morgan fingerprint density at radius 1 is 1.38 bits per heavy atom. The molecule has 0 radical (unpaired) electrons. The second kappa shape index (κ2) is 7.22. The van der Waals surface area contributed by atoms with Crippen molar-refractivity contribution in [3.8, 4) is 0 Å². The monoisotopic (exact) mass is 348 g/mol. The summed E-state index contributed by atoms with van der Waals surface area (Å²) < 4.78 is 5.97. The molecule has 1 N–H and O–H groups in total. The third-order valence-electron chi connectivity index (χ3n) is 2.99. The summed E-state index contributed by atoms with van der Waals surface area (Å²) >= 11 is 3.46. The van der Waals surface area contributed by atoms with Crippen LogP contribution in [0.2, 0.25) is 0 Å². The highest BCUT2D eigenvalue weighted by molar-refractivity contribution is 9.10. The van der Waals surface area contributed by atoms with Crippen molar-refractivity contribution in [3.05, 3.63) is 58.2 Å². The minimum Gasteiger partial charge on any atom is -0.462 e. The van der Waals surface area contributed by atoms with Crippen molar-refractivity contribution in [2.24, 2.45) is 0 Å². The number of benzene rings is 1. The Balaban J connectivity index is 2.04. The molecule has 1 aromatic heterocycles. The Hall–Kier alpha value is -1.88. The summed E-state index contributed by atoms with van der Waals surface area (Å²) in [5.41, 5.74) is 1.61. The second-order valence-electron chi connectivity index (χ2n) is 4.57. The molecule has 5 heteroatoms. The number of hydrogen-bond donors (Lipinski definition) is 1. The Labute approximate surface area is 132 Å². The summed E-state index contributed by atoms with van der Waals surface area (Å²) in [7, 11) is 0. The van der Waals surface area contributed by atoms with E-state index in [-0.39, 0.29) is 12.0 Å². The molecule has 0 bridgehead atoms. The van der Waals surface area contributed by atoms with Gasteiger partial charge in [-0.05, 0) is 43.7 Å². The average Bonchev–Trinajstić information content (AvgIpc) is 2.48. The highest BCUT2D eigenvalue weighted by Gasteiger charge is 2.09. The number of ether oxygens (including phenoxy) is 1. The van der Waals surface area contributed by atoms with Crippen LogP contribution < -0.4 is 5.32 Å². The van der Waals surface area contributed by atoms with Crippen LogP contribution in [0.15, 0.2) is 47.1 Å². The van der Waals surface area contributed by atoms with Gasteiger partial charge in [-0.15, -0.1) is 0 Å². The highest BCUT2D eigenvalue weighted by Crippen LogP contribution is 2.21. The maximum absolute atomic E-state index is 11.5.